The molecule has 6 aromatic rings. The molecule has 0 aliphatic carbocycles. The van der Waals surface area contributed by atoms with Crippen LogP contribution in [0.5, 0.6) is 11.5 Å². The molecule has 40 heavy (non-hydrogen) atoms. The van der Waals surface area contributed by atoms with Gasteiger partial charge in [-0.25, -0.2) is 4.98 Å². The minimum absolute atomic E-state index is 0.696. The van der Waals surface area contributed by atoms with Gasteiger partial charge in [-0.3, -0.25) is 0 Å². The van der Waals surface area contributed by atoms with E-state index in [4.69, 9.17) is 14.5 Å². The Morgan fingerprint density at radius 2 is 1.18 bits per heavy atom. The molecule has 0 unspecified atom stereocenters. The second-order valence-electron chi connectivity index (χ2n) is 11.0. The zero-order chi connectivity index (χ0) is 28.3. The third kappa shape index (κ3) is 3.92. The Hall–Kier alpha value is -4.37. The fourth-order valence-electron chi connectivity index (χ4n) is 6.08. The molecule has 0 saturated heterocycles. The van der Waals surface area contributed by atoms with Crippen LogP contribution in [0.4, 0.5) is 0 Å². The normalized spacial score (nSPS) is 11.5. The predicted molar refractivity (Wildman–Crippen MR) is 169 cm³/mol. The van der Waals surface area contributed by atoms with Gasteiger partial charge < -0.3 is 9.47 Å². The third-order valence-electron chi connectivity index (χ3n) is 8.82. The molecule has 1 heterocycles. The van der Waals surface area contributed by atoms with Crippen LogP contribution in [0.2, 0.25) is 0 Å². The van der Waals surface area contributed by atoms with E-state index in [1.165, 1.54) is 66.1 Å². The molecule has 0 amide bonds. The van der Waals surface area contributed by atoms with Crippen molar-refractivity contribution in [3.05, 3.63) is 100 Å². The third-order valence-corrected chi connectivity index (χ3v) is 8.82. The van der Waals surface area contributed by atoms with E-state index in [0.717, 1.165) is 22.2 Å². The van der Waals surface area contributed by atoms with E-state index < -0.39 is 0 Å². The Bertz CT molecular complexity index is 1960. The first-order chi connectivity index (χ1) is 19.2. The summed E-state index contributed by atoms with van der Waals surface area (Å²) in [5.74, 6) is 1.40. The van der Waals surface area contributed by atoms with E-state index in [1.807, 2.05) is 12.1 Å². The van der Waals surface area contributed by atoms with Crippen LogP contribution in [0, 0.1) is 41.5 Å². The zero-order valence-corrected chi connectivity index (χ0v) is 24.6. The first-order valence-electron chi connectivity index (χ1n) is 13.8. The molecular formula is C37H35NO2. The van der Waals surface area contributed by atoms with Crippen LogP contribution >= 0.6 is 0 Å². The quantitative estimate of drug-likeness (QED) is 0.215. The van der Waals surface area contributed by atoms with Gasteiger partial charge in [0.2, 0.25) is 0 Å². The highest BCUT2D eigenvalue weighted by atomic mass is 16.5. The highest BCUT2D eigenvalue weighted by molar-refractivity contribution is 6.22. The molecule has 200 valence electrons. The zero-order valence-electron chi connectivity index (χ0n) is 24.6. The summed E-state index contributed by atoms with van der Waals surface area (Å²) in [6, 6.07) is 24.1. The van der Waals surface area contributed by atoms with Gasteiger partial charge in [0.15, 0.2) is 11.5 Å². The minimum Gasteiger partial charge on any atom is -0.493 e. The molecule has 6 rings (SSSR count). The molecule has 1 aromatic heterocycles. The number of hydrogen-bond donors (Lipinski definition) is 0. The molecule has 3 nitrogen and oxygen atoms in total. The van der Waals surface area contributed by atoms with Gasteiger partial charge in [-0.05, 0) is 121 Å². The first kappa shape index (κ1) is 25.9. The lowest BCUT2D eigenvalue weighted by molar-refractivity contribution is 0.355. The fourth-order valence-corrected chi connectivity index (χ4v) is 6.08. The lowest BCUT2D eigenvalue weighted by Gasteiger charge is -2.19. The number of nitrogens with zero attached hydrogens (tertiary/aromatic N) is 1. The van der Waals surface area contributed by atoms with Crippen molar-refractivity contribution in [2.75, 3.05) is 14.2 Å². The number of fused-ring (bicyclic) bond motifs is 5. The molecule has 0 atom stereocenters. The molecular weight excluding hydrogens is 490 g/mol. The van der Waals surface area contributed by atoms with Gasteiger partial charge in [0.25, 0.3) is 0 Å². The summed E-state index contributed by atoms with van der Waals surface area (Å²) in [6.07, 6.45) is 0. The molecule has 0 spiro atoms. The predicted octanol–water partition coefficient (Wildman–Crippen LogP) is 9.74. The van der Waals surface area contributed by atoms with Crippen molar-refractivity contribution < 1.29 is 9.47 Å². The molecule has 0 N–H and O–H groups in total. The van der Waals surface area contributed by atoms with Crippen molar-refractivity contribution in [1.82, 2.24) is 4.98 Å². The minimum atomic E-state index is 0.696. The lowest BCUT2D eigenvalue weighted by atomic mass is 9.87. The Labute approximate surface area is 236 Å². The van der Waals surface area contributed by atoms with Crippen LogP contribution in [-0.4, -0.2) is 19.2 Å². The van der Waals surface area contributed by atoms with Crippen LogP contribution in [-0.2, 0) is 0 Å². The molecule has 3 heteroatoms. The number of methoxy groups -OCH3 is 2. The Morgan fingerprint density at radius 1 is 0.525 bits per heavy atom. The number of benzene rings is 5. The highest BCUT2D eigenvalue weighted by Crippen LogP contribution is 2.43. The Balaban J connectivity index is 1.80. The summed E-state index contributed by atoms with van der Waals surface area (Å²) in [6.45, 7) is 13.2. The lowest BCUT2D eigenvalue weighted by Crippen LogP contribution is -1.98. The van der Waals surface area contributed by atoms with Gasteiger partial charge in [-0.15, -0.1) is 0 Å². The van der Waals surface area contributed by atoms with Crippen molar-refractivity contribution >= 4 is 32.4 Å². The van der Waals surface area contributed by atoms with Gasteiger partial charge in [0.1, 0.15) is 0 Å². The van der Waals surface area contributed by atoms with Crippen molar-refractivity contribution in [2.45, 2.75) is 41.5 Å². The SMILES string of the molecule is COc1ccc(-c2nc3c4ccccc4c(-c4cc(C)c(C)c(C)c4)cc3c3cc(C)c(C)c(C)c23)cc1OC. The standard InChI is InChI=1S/C37H35NO2/c1-20-15-27(16-21(2)23(20)4)30-19-32-31-17-22(3)24(5)25(6)35(31)36(26-13-14-33(39-7)34(18-26)40-8)38-37(32)29-12-10-9-11-28(29)30/h9-19H,1-8H3. The van der Waals surface area contributed by atoms with Crippen LogP contribution in [0.3, 0.4) is 0 Å². The van der Waals surface area contributed by atoms with Gasteiger partial charge in [0.05, 0.1) is 25.4 Å². The number of aryl methyl sites for hydroxylation is 4. The van der Waals surface area contributed by atoms with E-state index >= 15 is 0 Å². The average molecular weight is 526 g/mol. The summed E-state index contributed by atoms with van der Waals surface area (Å²) >= 11 is 0. The first-order valence-corrected chi connectivity index (χ1v) is 13.8. The summed E-state index contributed by atoms with van der Waals surface area (Å²) in [5.41, 5.74) is 13.3. The van der Waals surface area contributed by atoms with Crippen LogP contribution in [0.25, 0.3) is 54.8 Å². The van der Waals surface area contributed by atoms with Crippen LogP contribution < -0.4 is 9.47 Å². The Morgan fingerprint density at radius 3 is 1.85 bits per heavy atom. The summed E-state index contributed by atoms with van der Waals surface area (Å²) in [4.78, 5) is 5.45. The molecule has 0 bridgehead atoms. The van der Waals surface area contributed by atoms with E-state index in [9.17, 15) is 0 Å². The van der Waals surface area contributed by atoms with Crippen LogP contribution in [0.1, 0.15) is 33.4 Å². The summed E-state index contributed by atoms with van der Waals surface area (Å²) < 4.78 is 11.2. The van der Waals surface area contributed by atoms with Crippen molar-refractivity contribution in [2.24, 2.45) is 0 Å². The van der Waals surface area contributed by atoms with E-state index in [2.05, 4.69) is 96.1 Å². The number of pyridine rings is 1. The largest absolute Gasteiger partial charge is 0.493 e. The molecule has 0 fully saturated rings. The smallest absolute Gasteiger partial charge is 0.161 e. The maximum atomic E-state index is 5.68. The summed E-state index contributed by atoms with van der Waals surface area (Å²) in [7, 11) is 3.34. The van der Waals surface area contributed by atoms with E-state index in [-0.39, 0.29) is 0 Å². The van der Waals surface area contributed by atoms with Gasteiger partial charge >= 0.3 is 0 Å². The maximum absolute atomic E-state index is 5.68. The second kappa shape index (κ2) is 9.67. The molecule has 0 radical (unpaired) electrons. The topological polar surface area (TPSA) is 31.4 Å². The molecule has 0 saturated carbocycles. The number of ether oxygens (including phenoxy) is 2. The maximum Gasteiger partial charge on any atom is 0.161 e. The van der Waals surface area contributed by atoms with Crippen molar-refractivity contribution in [3.63, 3.8) is 0 Å². The van der Waals surface area contributed by atoms with Crippen molar-refractivity contribution in [3.8, 4) is 33.9 Å². The van der Waals surface area contributed by atoms with Gasteiger partial charge in [0, 0.05) is 21.7 Å². The number of rotatable bonds is 4. The highest BCUT2D eigenvalue weighted by Gasteiger charge is 2.20. The van der Waals surface area contributed by atoms with Gasteiger partial charge in [-0.2, -0.15) is 0 Å². The van der Waals surface area contributed by atoms with E-state index in [0.29, 0.717) is 11.5 Å². The fraction of sp³-hybridized carbons (Fsp3) is 0.216. The molecule has 0 aliphatic rings. The number of aromatic nitrogens is 1. The number of hydrogen-bond acceptors (Lipinski definition) is 3. The van der Waals surface area contributed by atoms with Crippen LogP contribution in [0.15, 0.2) is 66.7 Å². The van der Waals surface area contributed by atoms with E-state index in [1.54, 1.807) is 14.2 Å². The average Bonchev–Trinajstić information content (AvgIpc) is 2.97. The monoisotopic (exact) mass is 525 g/mol. The molecule has 5 aromatic carbocycles. The summed E-state index contributed by atoms with van der Waals surface area (Å²) in [5, 5.41) is 5.95. The van der Waals surface area contributed by atoms with Gasteiger partial charge in [-0.1, -0.05) is 42.5 Å². The molecule has 0 aliphatic heterocycles. The van der Waals surface area contributed by atoms with Crippen molar-refractivity contribution in [1.29, 1.82) is 0 Å². The Kier molecular flexibility index (Phi) is 6.26. The second-order valence-corrected chi connectivity index (χ2v) is 11.0.